The molecule has 2 aromatic rings. The van der Waals surface area contributed by atoms with E-state index in [0.717, 1.165) is 0 Å². The van der Waals surface area contributed by atoms with Crippen LogP contribution in [0.15, 0.2) is 30.7 Å². The van der Waals surface area contributed by atoms with Crippen LogP contribution in [-0.4, -0.2) is 50.8 Å². The highest BCUT2D eigenvalue weighted by Crippen LogP contribution is 2.36. The lowest BCUT2D eigenvalue weighted by molar-refractivity contribution is -0.284. The van der Waals surface area contributed by atoms with E-state index >= 15 is 0 Å². The number of hydrogen-bond donors (Lipinski definition) is 0. The summed E-state index contributed by atoms with van der Waals surface area (Å²) in [6, 6.07) is 3.32. The van der Waals surface area contributed by atoms with Gasteiger partial charge in [0.05, 0.1) is 29.7 Å². The molecular formula is C14H11F5N4O. The zero-order valence-corrected chi connectivity index (χ0v) is 12.1. The Morgan fingerprint density at radius 2 is 1.96 bits per heavy atom. The van der Waals surface area contributed by atoms with Crippen molar-refractivity contribution < 1.29 is 26.7 Å². The number of carbonyl (C=O) groups excluding carboxylic acids is 1. The Kier molecular flexibility index (Phi) is 3.77. The Balaban J connectivity index is 1.85. The van der Waals surface area contributed by atoms with Crippen LogP contribution in [0.3, 0.4) is 0 Å². The quantitative estimate of drug-likeness (QED) is 0.803. The van der Waals surface area contributed by atoms with E-state index in [2.05, 4.69) is 10.1 Å². The summed E-state index contributed by atoms with van der Waals surface area (Å²) in [5, 5.41) is 4.17. The molecule has 3 heterocycles. The highest BCUT2D eigenvalue weighted by Gasteiger charge is 2.58. The molecule has 0 N–H and O–H groups in total. The fraction of sp³-hybridized carbons (Fsp3) is 0.357. The normalized spacial score (nSPS) is 15.5. The van der Waals surface area contributed by atoms with Crippen LogP contribution in [0.25, 0.3) is 5.69 Å². The molecule has 0 fully saturated rings. The van der Waals surface area contributed by atoms with Crippen molar-refractivity contribution in [3.8, 4) is 5.69 Å². The van der Waals surface area contributed by atoms with Crippen molar-refractivity contribution in [3.05, 3.63) is 42.0 Å². The monoisotopic (exact) mass is 346 g/mol. The van der Waals surface area contributed by atoms with Gasteiger partial charge in [-0.1, -0.05) is 0 Å². The first-order valence-electron chi connectivity index (χ1n) is 6.92. The van der Waals surface area contributed by atoms with Crippen molar-refractivity contribution in [2.75, 3.05) is 13.1 Å². The summed E-state index contributed by atoms with van der Waals surface area (Å²) in [4.78, 5) is 16.6. The molecular weight excluding hydrogens is 335 g/mol. The van der Waals surface area contributed by atoms with Gasteiger partial charge in [-0.3, -0.25) is 9.78 Å². The van der Waals surface area contributed by atoms with E-state index in [1.54, 1.807) is 18.3 Å². The number of hydrogen-bond acceptors (Lipinski definition) is 3. The fourth-order valence-electron chi connectivity index (χ4n) is 2.39. The first kappa shape index (κ1) is 16.3. The van der Waals surface area contributed by atoms with E-state index < -0.39 is 24.6 Å². The lowest BCUT2D eigenvalue weighted by atomic mass is 10.1. The summed E-state index contributed by atoms with van der Waals surface area (Å²) in [6.07, 6.45) is -1.26. The first-order valence-corrected chi connectivity index (χ1v) is 6.92. The van der Waals surface area contributed by atoms with Crippen LogP contribution in [0.2, 0.25) is 0 Å². The van der Waals surface area contributed by atoms with E-state index in [1.807, 2.05) is 0 Å². The summed E-state index contributed by atoms with van der Waals surface area (Å²) in [5.41, 5.74) is 0.922. The standard InChI is InChI=1S/C14H11F5N4O/c15-13(16,14(17,18)19)8-22-5-3-11-10(12(22)24)7-23(21-11)9-2-1-4-20-6-9/h1-2,4,6-7H,3,5,8H2. The second-order valence-corrected chi connectivity index (χ2v) is 5.32. The molecule has 24 heavy (non-hydrogen) atoms. The Morgan fingerprint density at radius 3 is 2.58 bits per heavy atom. The third-order valence-electron chi connectivity index (χ3n) is 3.64. The van der Waals surface area contributed by atoms with E-state index in [1.165, 1.54) is 17.1 Å². The number of aromatic nitrogens is 3. The number of fused-ring (bicyclic) bond motifs is 1. The summed E-state index contributed by atoms with van der Waals surface area (Å²) in [7, 11) is 0. The van der Waals surface area contributed by atoms with Crippen molar-refractivity contribution in [1.82, 2.24) is 19.7 Å². The maximum absolute atomic E-state index is 13.2. The summed E-state index contributed by atoms with van der Waals surface area (Å²) < 4.78 is 64.7. The molecule has 0 aromatic carbocycles. The molecule has 0 bridgehead atoms. The average molecular weight is 346 g/mol. The predicted octanol–water partition coefficient (Wildman–Crippen LogP) is 2.46. The number of pyridine rings is 1. The molecule has 0 atom stereocenters. The molecule has 3 rings (SSSR count). The van der Waals surface area contributed by atoms with Crippen LogP contribution >= 0.6 is 0 Å². The van der Waals surface area contributed by atoms with Gasteiger partial charge in [0, 0.05) is 25.4 Å². The average Bonchev–Trinajstić information content (AvgIpc) is 2.95. The molecule has 0 spiro atoms. The van der Waals surface area contributed by atoms with Gasteiger partial charge in [0.2, 0.25) is 0 Å². The van der Waals surface area contributed by atoms with Gasteiger partial charge in [0.1, 0.15) is 0 Å². The fourth-order valence-corrected chi connectivity index (χ4v) is 2.39. The van der Waals surface area contributed by atoms with E-state index in [-0.39, 0.29) is 18.5 Å². The number of halogens is 5. The lowest BCUT2D eigenvalue weighted by Gasteiger charge is -2.30. The minimum absolute atomic E-state index is 0.0167. The van der Waals surface area contributed by atoms with Crippen LogP contribution in [0.5, 0.6) is 0 Å². The van der Waals surface area contributed by atoms with Gasteiger partial charge in [0.15, 0.2) is 0 Å². The molecule has 0 aliphatic carbocycles. The SMILES string of the molecule is O=C1c2cn(-c3cccnc3)nc2CCN1CC(F)(F)C(F)(F)F. The van der Waals surface area contributed by atoms with Crippen LogP contribution in [0.4, 0.5) is 22.0 Å². The third kappa shape index (κ3) is 2.83. The van der Waals surface area contributed by atoms with Crippen LogP contribution in [0.1, 0.15) is 16.1 Å². The zero-order valence-electron chi connectivity index (χ0n) is 12.1. The maximum Gasteiger partial charge on any atom is 0.455 e. The Bertz CT molecular complexity index is 756. The van der Waals surface area contributed by atoms with Gasteiger partial charge in [-0.15, -0.1) is 0 Å². The maximum atomic E-state index is 13.2. The Hall–Kier alpha value is -2.52. The van der Waals surface area contributed by atoms with Gasteiger partial charge >= 0.3 is 12.1 Å². The molecule has 10 heteroatoms. The molecule has 1 amide bonds. The van der Waals surface area contributed by atoms with Gasteiger partial charge < -0.3 is 4.90 Å². The highest BCUT2D eigenvalue weighted by molar-refractivity contribution is 5.96. The smallest absolute Gasteiger partial charge is 0.332 e. The number of carbonyl (C=O) groups is 1. The minimum atomic E-state index is -5.70. The summed E-state index contributed by atoms with van der Waals surface area (Å²) in [6.45, 7) is -1.95. The molecule has 0 radical (unpaired) electrons. The van der Waals surface area contributed by atoms with Crippen LogP contribution in [0, 0.1) is 0 Å². The van der Waals surface area contributed by atoms with Gasteiger partial charge in [-0.25, -0.2) is 4.68 Å². The van der Waals surface area contributed by atoms with Crippen molar-refractivity contribution >= 4 is 5.91 Å². The molecule has 0 saturated heterocycles. The van der Waals surface area contributed by atoms with Gasteiger partial charge in [-0.2, -0.15) is 27.1 Å². The van der Waals surface area contributed by atoms with Crippen LogP contribution < -0.4 is 0 Å². The molecule has 2 aromatic heterocycles. The molecule has 128 valence electrons. The summed E-state index contributed by atoms with van der Waals surface area (Å²) >= 11 is 0. The number of nitrogens with zero attached hydrogens (tertiary/aromatic N) is 4. The van der Waals surface area contributed by atoms with Crippen molar-refractivity contribution in [2.45, 2.75) is 18.5 Å². The zero-order chi connectivity index (χ0) is 17.5. The van der Waals surface area contributed by atoms with E-state index in [4.69, 9.17) is 0 Å². The van der Waals surface area contributed by atoms with Crippen molar-refractivity contribution in [1.29, 1.82) is 0 Å². The van der Waals surface area contributed by atoms with Gasteiger partial charge in [-0.05, 0) is 12.1 Å². The second kappa shape index (κ2) is 5.53. The highest BCUT2D eigenvalue weighted by atomic mass is 19.4. The predicted molar refractivity (Wildman–Crippen MR) is 72.0 cm³/mol. The van der Waals surface area contributed by atoms with Gasteiger partial charge in [0.25, 0.3) is 5.91 Å². The minimum Gasteiger partial charge on any atom is -0.332 e. The van der Waals surface area contributed by atoms with Crippen molar-refractivity contribution in [2.24, 2.45) is 0 Å². The molecule has 0 saturated carbocycles. The third-order valence-corrected chi connectivity index (χ3v) is 3.64. The van der Waals surface area contributed by atoms with E-state index in [9.17, 15) is 26.7 Å². The molecule has 5 nitrogen and oxygen atoms in total. The molecule has 0 unspecified atom stereocenters. The summed E-state index contributed by atoms with van der Waals surface area (Å²) in [5.74, 6) is -5.85. The topological polar surface area (TPSA) is 51.0 Å². The number of amides is 1. The largest absolute Gasteiger partial charge is 0.455 e. The molecule has 1 aliphatic heterocycles. The van der Waals surface area contributed by atoms with Crippen molar-refractivity contribution in [3.63, 3.8) is 0 Å². The Labute approximate surface area is 132 Å². The lowest BCUT2D eigenvalue weighted by Crippen LogP contribution is -2.50. The first-order chi connectivity index (χ1) is 11.2. The number of rotatable bonds is 3. The number of alkyl halides is 5. The van der Waals surface area contributed by atoms with E-state index in [0.29, 0.717) is 16.3 Å². The second-order valence-electron chi connectivity index (χ2n) is 5.32. The Morgan fingerprint density at radius 1 is 1.21 bits per heavy atom. The van der Waals surface area contributed by atoms with Crippen LogP contribution in [-0.2, 0) is 6.42 Å². The molecule has 1 aliphatic rings.